The van der Waals surface area contributed by atoms with E-state index >= 15 is 0 Å². The second-order valence-corrected chi connectivity index (χ2v) is 7.82. The number of benzene rings is 2. The van der Waals surface area contributed by atoms with Crippen molar-refractivity contribution in [2.24, 2.45) is 0 Å². The maximum atomic E-state index is 4.57. The van der Waals surface area contributed by atoms with Crippen LogP contribution in [0.4, 0.5) is 11.5 Å². The molecule has 2 aromatic heterocycles. The van der Waals surface area contributed by atoms with Gasteiger partial charge in [0.15, 0.2) is 0 Å². The molecule has 3 nitrogen and oxygen atoms in total. The van der Waals surface area contributed by atoms with Gasteiger partial charge in [-0.1, -0.05) is 63.2 Å². The van der Waals surface area contributed by atoms with E-state index in [2.05, 4.69) is 90.0 Å². The Labute approximate surface area is 164 Å². The normalized spacial score (nSPS) is 11.3. The lowest BCUT2D eigenvalue weighted by atomic mass is 9.99. The summed E-state index contributed by atoms with van der Waals surface area (Å²) in [6.45, 7) is 6.61. The van der Waals surface area contributed by atoms with Crippen LogP contribution in [0.15, 0.2) is 60.2 Å². The van der Waals surface area contributed by atoms with Crippen LogP contribution in [0, 0.1) is 0 Å². The monoisotopic (exact) mass is 373 g/mol. The highest BCUT2D eigenvalue weighted by molar-refractivity contribution is 7.17. The minimum Gasteiger partial charge on any atom is -0.339 e. The second-order valence-electron chi connectivity index (χ2n) is 6.96. The fourth-order valence-electron chi connectivity index (χ4n) is 3.31. The van der Waals surface area contributed by atoms with Crippen molar-refractivity contribution >= 4 is 33.1 Å². The van der Waals surface area contributed by atoms with E-state index in [9.17, 15) is 0 Å². The summed E-state index contributed by atoms with van der Waals surface area (Å²) in [5.41, 5.74) is 6.12. The van der Waals surface area contributed by atoms with E-state index in [0.717, 1.165) is 28.1 Å². The van der Waals surface area contributed by atoms with Gasteiger partial charge in [-0.3, -0.25) is 0 Å². The first kappa shape index (κ1) is 17.7. The van der Waals surface area contributed by atoms with Gasteiger partial charge in [-0.25, -0.2) is 9.97 Å². The van der Waals surface area contributed by atoms with Gasteiger partial charge in [-0.05, 0) is 35.1 Å². The van der Waals surface area contributed by atoms with E-state index in [0.29, 0.717) is 5.92 Å². The molecule has 0 spiro atoms. The molecule has 0 aliphatic rings. The molecule has 2 aromatic carbocycles. The zero-order valence-corrected chi connectivity index (χ0v) is 16.7. The van der Waals surface area contributed by atoms with Gasteiger partial charge < -0.3 is 5.32 Å². The molecule has 0 bridgehead atoms. The minimum absolute atomic E-state index is 0.532. The molecule has 1 N–H and O–H groups in total. The third-order valence-electron chi connectivity index (χ3n) is 4.91. The Bertz CT molecular complexity index is 1060. The predicted molar refractivity (Wildman–Crippen MR) is 116 cm³/mol. The van der Waals surface area contributed by atoms with Crippen LogP contribution in [0.5, 0.6) is 0 Å². The summed E-state index contributed by atoms with van der Waals surface area (Å²) in [6, 6.07) is 17.2. The first-order valence-electron chi connectivity index (χ1n) is 9.34. The van der Waals surface area contributed by atoms with Crippen LogP contribution in [0.25, 0.3) is 21.3 Å². The van der Waals surface area contributed by atoms with E-state index in [4.69, 9.17) is 0 Å². The molecule has 4 aromatic rings. The maximum absolute atomic E-state index is 4.57. The molecule has 0 fully saturated rings. The fraction of sp³-hybridized carbons (Fsp3) is 0.217. The minimum atomic E-state index is 0.532. The quantitative estimate of drug-likeness (QED) is 0.418. The molecule has 4 rings (SSSR count). The molecule has 0 radical (unpaired) electrons. The molecule has 27 heavy (non-hydrogen) atoms. The van der Waals surface area contributed by atoms with E-state index in [1.807, 2.05) is 0 Å². The standard InChI is InChI=1S/C23H23N3S/c1-4-16-7-5-6-8-20(16)26-22-21-19(13-27-23(21)25-14-24-22)18-11-9-17(10-12-18)15(2)3/h5-15H,4H2,1-3H3,(H,24,25,26). The molecule has 4 heteroatoms. The van der Waals surface area contributed by atoms with E-state index < -0.39 is 0 Å². The molecular formula is C23H23N3S. The number of hydrogen-bond acceptors (Lipinski definition) is 4. The lowest BCUT2D eigenvalue weighted by Crippen LogP contribution is -1.98. The zero-order chi connectivity index (χ0) is 18.8. The summed E-state index contributed by atoms with van der Waals surface area (Å²) in [5, 5.41) is 6.82. The van der Waals surface area contributed by atoms with Gasteiger partial charge in [0.1, 0.15) is 17.0 Å². The van der Waals surface area contributed by atoms with Crippen molar-refractivity contribution in [2.45, 2.75) is 33.1 Å². The smallest absolute Gasteiger partial charge is 0.143 e. The first-order chi connectivity index (χ1) is 13.2. The summed E-state index contributed by atoms with van der Waals surface area (Å²) in [5.74, 6) is 1.40. The molecule has 0 aliphatic heterocycles. The van der Waals surface area contributed by atoms with Crippen LogP contribution in [-0.4, -0.2) is 9.97 Å². The molecule has 0 saturated heterocycles. The van der Waals surface area contributed by atoms with Crippen molar-refractivity contribution in [1.29, 1.82) is 0 Å². The first-order valence-corrected chi connectivity index (χ1v) is 10.2. The second kappa shape index (κ2) is 7.49. The van der Waals surface area contributed by atoms with E-state index in [1.165, 1.54) is 22.3 Å². The number of nitrogens with one attached hydrogen (secondary N) is 1. The maximum Gasteiger partial charge on any atom is 0.143 e. The largest absolute Gasteiger partial charge is 0.339 e. The number of nitrogens with zero attached hydrogens (tertiary/aromatic N) is 2. The van der Waals surface area contributed by atoms with E-state index in [-0.39, 0.29) is 0 Å². The molecule has 0 amide bonds. The molecule has 0 atom stereocenters. The highest BCUT2D eigenvalue weighted by Crippen LogP contribution is 2.38. The van der Waals surface area contributed by atoms with Gasteiger partial charge in [0, 0.05) is 16.6 Å². The van der Waals surface area contributed by atoms with Crippen LogP contribution in [0.2, 0.25) is 0 Å². The van der Waals surface area contributed by atoms with Crippen LogP contribution in [-0.2, 0) is 6.42 Å². The Kier molecular flexibility index (Phi) is 4.90. The summed E-state index contributed by atoms with van der Waals surface area (Å²) < 4.78 is 0. The fourth-order valence-corrected chi connectivity index (χ4v) is 4.22. The highest BCUT2D eigenvalue weighted by atomic mass is 32.1. The number of rotatable bonds is 5. The number of aromatic nitrogens is 2. The number of hydrogen-bond donors (Lipinski definition) is 1. The van der Waals surface area contributed by atoms with Gasteiger partial charge in [0.2, 0.25) is 0 Å². The number of anilines is 2. The van der Waals surface area contributed by atoms with Gasteiger partial charge in [-0.15, -0.1) is 11.3 Å². The summed E-state index contributed by atoms with van der Waals surface area (Å²) in [7, 11) is 0. The average Bonchev–Trinajstić information content (AvgIpc) is 3.14. The van der Waals surface area contributed by atoms with Gasteiger partial charge in [0.05, 0.1) is 5.39 Å². The lowest BCUT2D eigenvalue weighted by molar-refractivity contribution is 0.867. The van der Waals surface area contributed by atoms with Crippen LogP contribution in [0.1, 0.15) is 37.8 Å². The number of aryl methyl sites for hydroxylation is 1. The van der Waals surface area contributed by atoms with Crippen molar-refractivity contribution in [3.63, 3.8) is 0 Å². The molecule has 0 unspecified atom stereocenters. The summed E-state index contributed by atoms with van der Waals surface area (Å²) in [6.07, 6.45) is 2.62. The molecule has 2 heterocycles. The van der Waals surface area contributed by atoms with Crippen molar-refractivity contribution < 1.29 is 0 Å². The number of fused-ring (bicyclic) bond motifs is 1. The summed E-state index contributed by atoms with van der Waals surface area (Å²) in [4.78, 5) is 10.1. The van der Waals surface area contributed by atoms with Crippen LogP contribution >= 0.6 is 11.3 Å². The van der Waals surface area contributed by atoms with Gasteiger partial charge in [-0.2, -0.15) is 0 Å². The predicted octanol–water partition coefficient (Wildman–Crippen LogP) is 6.79. The Hall–Kier alpha value is -2.72. The third kappa shape index (κ3) is 3.45. The molecule has 0 aliphatic carbocycles. The van der Waals surface area contributed by atoms with E-state index in [1.54, 1.807) is 17.7 Å². The van der Waals surface area contributed by atoms with Crippen LogP contribution in [0.3, 0.4) is 0 Å². The molecule has 0 saturated carbocycles. The van der Waals surface area contributed by atoms with Gasteiger partial charge in [0.25, 0.3) is 0 Å². The van der Waals surface area contributed by atoms with Crippen molar-refractivity contribution in [1.82, 2.24) is 9.97 Å². The SMILES string of the molecule is CCc1ccccc1Nc1ncnc2scc(-c3ccc(C(C)C)cc3)c12. The number of thiophene rings is 1. The zero-order valence-electron chi connectivity index (χ0n) is 15.9. The van der Waals surface area contributed by atoms with Crippen LogP contribution < -0.4 is 5.32 Å². The van der Waals surface area contributed by atoms with Crippen molar-refractivity contribution in [3.8, 4) is 11.1 Å². The number of para-hydroxylation sites is 1. The van der Waals surface area contributed by atoms with Crippen molar-refractivity contribution in [2.75, 3.05) is 5.32 Å². The third-order valence-corrected chi connectivity index (χ3v) is 5.80. The highest BCUT2D eigenvalue weighted by Gasteiger charge is 2.14. The summed E-state index contributed by atoms with van der Waals surface area (Å²) >= 11 is 1.66. The average molecular weight is 374 g/mol. The lowest BCUT2D eigenvalue weighted by Gasteiger charge is -2.12. The van der Waals surface area contributed by atoms with Crippen molar-refractivity contribution in [3.05, 3.63) is 71.4 Å². The molecular weight excluding hydrogens is 350 g/mol. The van der Waals surface area contributed by atoms with Gasteiger partial charge >= 0.3 is 0 Å². The Morgan fingerprint density at radius 2 is 1.78 bits per heavy atom. The Morgan fingerprint density at radius 1 is 1.00 bits per heavy atom. The Balaban J connectivity index is 1.80. The Morgan fingerprint density at radius 3 is 2.52 bits per heavy atom. The topological polar surface area (TPSA) is 37.8 Å². The molecule has 136 valence electrons.